The Bertz CT molecular complexity index is 493. The number of furan rings is 1. The minimum absolute atomic E-state index is 0.423. The fourth-order valence-corrected chi connectivity index (χ4v) is 2.81. The number of benzene rings is 1. The van der Waals surface area contributed by atoms with Crippen molar-refractivity contribution in [3.8, 4) is 0 Å². The summed E-state index contributed by atoms with van der Waals surface area (Å²) in [6, 6.07) is 10.8. The molecule has 0 spiro atoms. The van der Waals surface area contributed by atoms with Crippen molar-refractivity contribution >= 4 is 11.0 Å². The highest BCUT2D eigenvalue weighted by Gasteiger charge is 2.15. The van der Waals surface area contributed by atoms with Crippen LogP contribution in [0.5, 0.6) is 0 Å². The van der Waals surface area contributed by atoms with E-state index >= 15 is 0 Å². The number of aryl methyl sites for hydroxylation is 1. The van der Waals surface area contributed by atoms with Crippen molar-refractivity contribution in [1.29, 1.82) is 0 Å². The third kappa shape index (κ3) is 3.17. The van der Waals surface area contributed by atoms with E-state index in [1.807, 2.05) is 12.1 Å². The Morgan fingerprint density at radius 1 is 1.21 bits per heavy atom. The van der Waals surface area contributed by atoms with Crippen molar-refractivity contribution in [2.24, 2.45) is 5.73 Å². The zero-order valence-corrected chi connectivity index (χ0v) is 11.3. The Morgan fingerprint density at radius 3 is 2.79 bits per heavy atom. The van der Waals surface area contributed by atoms with Gasteiger partial charge in [-0.3, -0.25) is 0 Å². The predicted molar refractivity (Wildman–Crippen MR) is 78.2 cm³/mol. The maximum absolute atomic E-state index is 5.92. The lowest BCUT2D eigenvalue weighted by molar-refractivity contribution is 0.210. The van der Waals surface area contributed by atoms with E-state index in [9.17, 15) is 0 Å². The highest BCUT2D eigenvalue weighted by atomic mass is 16.3. The topological polar surface area (TPSA) is 42.4 Å². The molecule has 0 saturated carbocycles. The lowest BCUT2D eigenvalue weighted by atomic mass is 10.1. The smallest absolute Gasteiger partial charge is 0.134 e. The number of hydrogen-bond acceptors (Lipinski definition) is 3. The molecule has 2 heterocycles. The van der Waals surface area contributed by atoms with Crippen LogP contribution in [0.3, 0.4) is 0 Å². The number of para-hydroxylation sites is 1. The molecule has 1 aliphatic heterocycles. The number of piperidine rings is 1. The molecule has 19 heavy (non-hydrogen) atoms. The van der Waals surface area contributed by atoms with Crippen molar-refractivity contribution in [3.05, 3.63) is 36.1 Å². The second-order valence-corrected chi connectivity index (χ2v) is 5.53. The number of nitrogens with zero attached hydrogens (tertiary/aromatic N) is 1. The molecule has 1 aromatic heterocycles. The highest BCUT2D eigenvalue weighted by molar-refractivity contribution is 5.77. The van der Waals surface area contributed by atoms with Crippen LogP contribution in [-0.2, 0) is 6.42 Å². The van der Waals surface area contributed by atoms with E-state index in [1.54, 1.807) is 0 Å². The van der Waals surface area contributed by atoms with E-state index in [0.717, 1.165) is 56.7 Å². The van der Waals surface area contributed by atoms with Crippen LogP contribution in [0.15, 0.2) is 34.7 Å². The summed E-state index contributed by atoms with van der Waals surface area (Å²) >= 11 is 0. The van der Waals surface area contributed by atoms with Gasteiger partial charge in [0.1, 0.15) is 11.3 Å². The average molecular weight is 258 g/mol. The van der Waals surface area contributed by atoms with Gasteiger partial charge < -0.3 is 15.1 Å². The van der Waals surface area contributed by atoms with Gasteiger partial charge in [0.2, 0.25) is 0 Å². The van der Waals surface area contributed by atoms with E-state index in [2.05, 4.69) is 23.1 Å². The van der Waals surface area contributed by atoms with Crippen molar-refractivity contribution in [2.45, 2.75) is 31.7 Å². The van der Waals surface area contributed by atoms with Gasteiger partial charge in [0, 0.05) is 17.8 Å². The molecule has 0 atom stereocenters. The van der Waals surface area contributed by atoms with Crippen molar-refractivity contribution in [3.63, 3.8) is 0 Å². The summed E-state index contributed by atoms with van der Waals surface area (Å²) in [6.07, 6.45) is 4.47. The molecule has 2 N–H and O–H groups in total. The van der Waals surface area contributed by atoms with Crippen LogP contribution < -0.4 is 5.73 Å². The van der Waals surface area contributed by atoms with Crippen LogP contribution in [0, 0.1) is 0 Å². The van der Waals surface area contributed by atoms with Crippen LogP contribution >= 0.6 is 0 Å². The molecular weight excluding hydrogens is 236 g/mol. The molecule has 1 aromatic carbocycles. The summed E-state index contributed by atoms with van der Waals surface area (Å²) in [5.74, 6) is 1.11. The first-order chi connectivity index (χ1) is 9.31. The zero-order chi connectivity index (χ0) is 13.1. The summed E-state index contributed by atoms with van der Waals surface area (Å²) in [5.41, 5.74) is 6.92. The number of hydrogen-bond donors (Lipinski definition) is 1. The van der Waals surface area contributed by atoms with Gasteiger partial charge in [-0.2, -0.15) is 0 Å². The quantitative estimate of drug-likeness (QED) is 0.917. The molecule has 0 radical (unpaired) electrons. The molecule has 0 bridgehead atoms. The second-order valence-electron chi connectivity index (χ2n) is 5.53. The molecule has 1 fully saturated rings. The Balaban J connectivity index is 1.49. The lowest BCUT2D eigenvalue weighted by Gasteiger charge is -2.29. The van der Waals surface area contributed by atoms with E-state index in [4.69, 9.17) is 10.2 Å². The summed E-state index contributed by atoms with van der Waals surface area (Å²) in [6.45, 7) is 3.46. The van der Waals surface area contributed by atoms with Crippen LogP contribution in [-0.4, -0.2) is 30.6 Å². The maximum Gasteiger partial charge on any atom is 0.134 e. The zero-order valence-electron chi connectivity index (χ0n) is 11.3. The Hall–Kier alpha value is -1.32. The molecule has 0 amide bonds. The first kappa shape index (κ1) is 12.7. The van der Waals surface area contributed by atoms with Gasteiger partial charge >= 0.3 is 0 Å². The van der Waals surface area contributed by atoms with E-state index in [0.29, 0.717) is 6.04 Å². The monoisotopic (exact) mass is 258 g/mol. The normalized spacial score (nSPS) is 18.2. The van der Waals surface area contributed by atoms with Gasteiger partial charge in [-0.1, -0.05) is 18.2 Å². The van der Waals surface area contributed by atoms with Crippen molar-refractivity contribution in [1.82, 2.24) is 4.90 Å². The molecule has 2 aromatic rings. The Morgan fingerprint density at radius 2 is 2.00 bits per heavy atom. The van der Waals surface area contributed by atoms with Gasteiger partial charge in [-0.15, -0.1) is 0 Å². The van der Waals surface area contributed by atoms with Crippen LogP contribution in [0.4, 0.5) is 0 Å². The fraction of sp³-hybridized carbons (Fsp3) is 0.500. The first-order valence-electron chi connectivity index (χ1n) is 7.27. The van der Waals surface area contributed by atoms with Gasteiger partial charge in [0.15, 0.2) is 0 Å². The Labute approximate surface area is 114 Å². The van der Waals surface area contributed by atoms with Crippen LogP contribution in [0.1, 0.15) is 25.0 Å². The van der Waals surface area contributed by atoms with Crippen LogP contribution in [0.2, 0.25) is 0 Å². The molecular formula is C16H22N2O. The third-order valence-electron chi connectivity index (χ3n) is 4.01. The molecule has 1 aliphatic rings. The number of rotatable bonds is 4. The van der Waals surface area contributed by atoms with Gasteiger partial charge in [-0.25, -0.2) is 0 Å². The molecule has 102 valence electrons. The van der Waals surface area contributed by atoms with Crippen molar-refractivity contribution in [2.75, 3.05) is 19.6 Å². The number of likely N-dealkylation sites (tertiary alicyclic amines) is 1. The van der Waals surface area contributed by atoms with E-state index < -0.39 is 0 Å². The summed E-state index contributed by atoms with van der Waals surface area (Å²) in [4.78, 5) is 2.52. The third-order valence-corrected chi connectivity index (χ3v) is 4.01. The minimum Gasteiger partial charge on any atom is -0.461 e. The maximum atomic E-state index is 5.92. The standard InChI is InChI=1S/C16H22N2O/c17-14-7-10-18(11-8-14)9-3-5-15-12-13-4-1-2-6-16(13)19-15/h1-2,4,6,12,14H,3,5,7-11,17H2. The Kier molecular flexibility index (Phi) is 3.85. The predicted octanol–water partition coefficient (Wildman–Crippen LogP) is 2.79. The van der Waals surface area contributed by atoms with Crippen LogP contribution in [0.25, 0.3) is 11.0 Å². The van der Waals surface area contributed by atoms with Crippen molar-refractivity contribution < 1.29 is 4.42 Å². The second kappa shape index (κ2) is 5.76. The fourth-order valence-electron chi connectivity index (χ4n) is 2.81. The summed E-state index contributed by atoms with van der Waals surface area (Å²) in [5, 5.41) is 1.21. The number of fused-ring (bicyclic) bond motifs is 1. The molecule has 0 unspecified atom stereocenters. The summed E-state index contributed by atoms with van der Waals surface area (Å²) in [7, 11) is 0. The van der Waals surface area contributed by atoms with Gasteiger partial charge in [0.05, 0.1) is 0 Å². The average Bonchev–Trinajstić information content (AvgIpc) is 2.83. The molecule has 3 rings (SSSR count). The van der Waals surface area contributed by atoms with E-state index in [-0.39, 0.29) is 0 Å². The largest absolute Gasteiger partial charge is 0.461 e. The molecule has 1 saturated heterocycles. The first-order valence-corrected chi connectivity index (χ1v) is 7.27. The minimum atomic E-state index is 0.423. The molecule has 0 aliphatic carbocycles. The number of nitrogens with two attached hydrogens (primary N) is 1. The van der Waals surface area contributed by atoms with Gasteiger partial charge in [0.25, 0.3) is 0 Å². The lowest BCUT2D eigenvalue weighted by Crippen LogP contribution is -2.40. The SMILES string of the molecule is NC1CCN(CCCc2cc3ccccc3o2)CC1. The van der Waals surface area contributed by atoms with E-state index in [1.165, 1.54) is 5.39 Å². The highest BCUT2D eigenvalue weighted by Crippen LogP contribution is 2.20. The molecule has 3 heteroatoms. The molecule has 3 nitrogen and oxygen atoms in total. The van der Waals surface area contributed by atoms with Gasteiger partial charge in [-0.05, 0) is 51.0 Å². The summed E-state index contributed by atoms with van der Waals surface area (Å²) < 4.78 is 5.84.